The first kappa shape index (κ1) is 12.1. The highest BCUT2D eigenvalue weighted by Crippen LogP contribution is 2.30. The fourth-order valence-corrected chi connectivity index (χ4v) is 3.61. The number of hydrogen-bond donors (Lipinski definition) is 0. The third-order valence-corrected chi connectivity index (χ3v) is 4.75. The molecule has 1 aromatic carbocycles. The van der Waals surface area contributed by atoms with Gasteiger partial charge in [-0.15, -0.1) is 11.3 Å². The summed E-state index contributed by atoms with van der Waals surface area (Å²) >= 11 is 1.83. The van der Waals surface area contributed by atoms with Crippen LogP contribution in [0.1, 0.15) is 23.1 Å². The maximum Gasteiger partial charge on any atom is 0.199 e. The summed E-state index contributed by atoms with van der Waals surface area (Å²) in [6.07, 6.45) is 1.14. The molecule has 1 unspecified atom stereocenters. The van der Waals surface area contributed by atoms with Crippen LogP contribution in [-0.2, 0) is 6.54 Å². The maximum absolute atomic E-state index is 5.90. The lowest BCUT2D eigenvalue weighted by Crippen LogP contribution is -2.19. The van der Waals surface area contributed by atoms with Crippen LogP contribution in [-0.4, -0.2) is 23.0 Å². The molecule has 0 saturated carbocycles. The number of thiophene rings is 1. The lowest BCUT2D eigenvalue weighted by Gasteiger charge is -2.13. The van der Waals surface area contributed by atoms with Crippen molar-refractivity contribution >= 4 is 22.4 Å². The predicted molar refractivity (Wildman–Crippen MR) is 81.0 cm³/mol. The molecule has 3 heterocycles. The van der Waals surface area contributed by atoms with Crippen molar-refractivity contribution in [2.75, 3.05) is 13.1 Å². The van der Waals surface area contributed by atoms with Crippen molar-refractivity contribution < 1.29 is 4.42 Å². The van der Waals surface area contributed by atoms with Crippen molar-refractivity contribution in [2.24, 2.45) is 0 Å². The van der Waals surface area contributed by atoms with Crippen LogP contribution in [0, 0.1) is 0 Å². The zero-order chi connectivity index (χ0) is 13.4. The van der Waals surface area contributed by atoms with Gasteiger partial charge in [-0.05, 0) is 36.5 Å². The molecule has 1 aliphatic heterocycles. The average molecular weight is 284 g/mol. The number of nitrogens with zero attached hydrogens (tertiary/aromatic N) is 2. The van der Waals surface area contributed by atoms with Crippen LogP contribution in [0.15, 0.2) is 46.2 Å². The molecule has 0 radical (unpaired) electrons. The second-order valence-corrected chi connectivity index (χ2v) is 6.35. The highest BCUT2D eigenvalue weighted by Gasteiger charge is 2.27. The monoisotopic (exact) mass is 284 g/mol. The molecule has 0 spiro atoms. The van der Waals surface area contributed by atoms with E-state index < -0.39 is 0 Å². The van der Waals surface area contributed by atoms with Gasteiger partial charge in [0, 0.05) is 23.9 Å². The zero-order valence-corrected chi connectivity index (χ0v) is 12.0. The molecule has 3 aromatic rings. The van der Waals surface area contributed by atoms with Gasteiger partial charge >= 0.3 is 0 Å². The lowest BCUT2D eigenvalue weighted by molar-refractivity contribution is 0.323. The molecule has 0 bridgehead atoms. The van der Waals surface area contributed by atoms with Gasteiger partial charge in [0.25, 0.3) is 0 Å². The van der Waals surface area contributed by atoms with E-state index in [9.17, 15) is 0 Å². The topological polar surface area (TPSA) is 29.3 Å². The lowest BCUT2D eigenvalue weighted by atomic mass is 10.1. The molecule has 0 amide bonds. The van der Waals surface area contributed by atoms with E-state index in [1.807, 2.05) is 35.6 Å². The first-order valence-electron chi connectivity index (χ1n) is 6.99. The molecule has 1 fully saturated rings. The van der Waals surface area contributed by atoms with Crippen LogP contribution >= 0.6 is 11.3 Å². The van der Waals surface area contributed by atoms with Gasteiger partial charge < -0.3 is 4.42 Å². The number of benzene rings is 1. The zero-order valence-electron chi connectivity index (χ0n) is 11.2. The summed E-state index contributed by atoms with van der Waals surface area (Å²) in [5.41, 5.74) is 1.87. The van der Waals surface area contributed by atoms with E-state index in [4.69, 9.17) is 4.42 Å². The third-order valence-electron chi connectivity index (χ3n) is 3.89. The van der Waals surface area contributed by atoms with Crippen molar-refractivity contribution in [3.8, 4) is 0 Å². The number of fused-ring (bicyclic) bond motifs is 1. The highest BCUT2D eigenvalue weighted by atomic mass is 32.1. The molecule has 0 aliphatic carbocycles. The van der Waals surface area contributed by atoms with E-state index in [2.05, 4.69) is 27.4 Å². The number of aromatic nitrogens is 1. The number of hydrogen-bond acceptors (Lipinski definition) is 4. The van der Waals surface area contributed by atoms with Crippen LogP contribution in [0.3, 0.4) is 0 Å². The molecule has 20 heavy (non-hydrogen) atoms. The summed E-state index contributed by atoms with van der Waals surface area (Å²) in [4.78, 5) is 8.56. The smallest absolute Gasteiger partial charge is 0.199 e. The van der Waals surface area contributed by atoms with Gasteiger partial charge in [-0.25, -0.2) is 4.98 Å². The Bertz CT molecular complexity index is 671. The molecule has 3 nitrogen and oxygen atoms in total. The predicted octanol–water partition coefficient (Wildman–Crippen LogP) is 3.88. The van der Waals surface area contributed by atoms with Gasteiger partial charge in [0.2, 0.25) is 0 Å². The largest absolute Gasteiger partial charge is 0.440 e. The quantitative estimate of drug-likeness (QED) is 0.731. The van der Waals surface area contributed by atoms with Gasteiger partial charge in [0.1, 0.15) is 5.52 Å². The molecule has 1 aliphatic rings. The van der Waals surface area contributed by atoms with E-state index in [0.29, 0.717) is 5.92 Å². The number of oxazole rings is 1. The first-order valence-corrected chi connectivity index (χ1v) is 7.87. The summed E-state index contributed by atoms with van der Waals surface area (Å²) in [5, 5.41) is 2.14. The maximum atomic E-state index is 5.90. The third kappa shape index (κ3) is 2.25. The molecule has 4 rings (SSSR count). The van der Waals surface area contributed by atoms with E-state index in [-0.39, 0.29) is 0 Å². The fraction of sp³-hybridized carbons (Fsp3) is 0.312. The second-order valence-electron chi connectivity index (χ2n) is 5.32. The van der Waals surface area contributed by atoms with Crippen LogP contribution in [0.4, 0.5) is 0 Å². The highest BCUT2D eigenvalue weighted by molar-refractivity contribution is 7.09. The van der Waals surface area contributed by atoms with Gasteiger partial charge in [-0.1, -0.05) is 18.2 Å². The van der Waals surface area contributed by atoms with Crippen LogP contribution < -0.4 is 0 Å². The summed E-state index contributed by atoms with van der Waals surface area (Å²) < 4.78 is 5.90. The van der Waals surface area contributed by atoms with Crippen LogP contribution in [0.25, 0.3) is 11.1 Å². The Hall–Kier alpha value is -1.65. The average Bonchev–Trinajstić information content (AvgIpc) is 3.18. The molecular formula is C16H16N2OS. The number of para-hydroxylation sites is 2. The second kappa shape index (κ2) is 5.04. The van der Waals surface area contributed by atoms with E-state index >= 15 is 0 Å². The van der Waals surface area contributed by atoms with Crippen molar-refractivity contribution in [1.29, 1.82) is 0 Å². The minimum Gasteiger partial charge on any atom is -0.440 e. The minimum absolute atomic E-state index is 0.433. The summed E-state index contributed by atoms with van der Waals surface area (Å²) in [5.74, 6) is 1.34. The molecule has 2 aromatic heterocycles. The Kier molecular flexibility index (Phi) is 3.05. The van der Waals surface area contributed by atoms with Gasteiger partial charge in [-0.3, -0.25) is 4.90 Å². The summed E-state index contributed by atoms with van der Waals surface area (Å²) in [6.45, 7) is 3.22. The molecular weight excluding hydrogens is 268 g/mol. The van der Waals surface area contributed by atoms with Gasteiger partial charge in [0.15, 0.2) is 11.5 Å². The molecule has 1 atom stereocenters. The Labute approximate surface area is 121 Å². The van der Waals surface area contributed by atoms with Crippen LogP contribution in [0.2, 0.25) is 0 Å². The molecule has 0 N–H and O–H groups in total. The summed E-state index contributed by atoms with van der Waals surface area (Å²) in [7, 11) is 0. The van der Waals surface area contributed by atoms with Crippen molar-refractivity contribution in [2.45, 2.75) is 18.9 Å². The minimum atomic E-state index is 0.433. The fourth-order valence-electron chi connectivity index (χ4n) is 2.87. The van der Waals surface area contributed by atoms with E-state index in [0.717, 1.165) is 43.0 Å². The Morgan fingerprint density at radius 2 is 2.20 bits per heavy atom. The SMILES string of the molecule is c1csc(CN2CCC(c3nc4ccccc4o3)C2)c1. The van der Waals surface area contributed by atoms with Crippen molar-refractivity contribution in [1.82, 2.24) is 9.88 Å². The van der Waals surface area contributed by atoms with Gasteiger partial charge in [-0.2, -0.15) is 0 Å². The Morgan fingerprint density at radius 3 is 3.05 bits per heavy atom. The Morgan fingerprint density at radius 1 is 1.25 bits per heavy atom. The van der Waals surface area contributed by atoms with E-state index in [1.165, 1.54) is 4.88 Å². The van der Waals surface area contributed by atoms with Crippen molar-refractivity contribution in [3.63, 3.8) is 0 Å². The molecule has 102 valence electrons. The normalized spacial score (nSPS) is 19.9. The molecule has 1 saturated heterocycles. The van der Waals surface area contributed by atoms with Crippen LogP contribution in [0.5, 0.6) is 0 Å². The molecule has 4 heteroatoms. The standard InChI is InChI=1S/C16H16N2OS/c1-2-6-15-14(5-1)17-16(19-15)12-7-8-18(10-12)11-13-4-3-9-20-13/h1-6,9,12H,7-8,10-11H2. The van der Waals surface area contributed by atoms with E-state index in [1.54, 1.807) is 0 Å². The number of likely N-dealkylation sites (tertiary alicyclic amines) is 1. The summed E-state index contributed by atoms with van der Waals surface area (Å²) in [6, 6.07) is 12.3. The first-order chi connectivity index (χ1) is 9.88. The number of rotatable bonds is 3. The van der Waals surface area contributed by atoms with Crippen molar-refractivity contribution in [3.05, 3.63) is 52.5 Å². The van der Waals surface area contributed by atoms with Gasteiger partial charge in [0.05, 0.1) is 0 Å². The Balaban J connectivity index is 1.50.